The molecular weight excluding hydrogens is 597 g/mol. The number of aryl methyl sites for hydroxylation is 1. The molecule has 1 aliphatic rings. The molecule has 0 aliphatic carbocycles. The molecule has 3 nitrogen and oxygen atoms in total. The molecule has 8 aromatic rings. The highest BCUT2D eigenvalue weighted by Crippen LogP contribution is 2.50. The maximum atomic E-state index is 6.54. The second-order valence-electron chi connectivity index (χ2n) is 13.5. The van der Waals surface area contributed by atoms with Crippen molar-refractivity contribution in [3.63, 3.8) is 0 Å². The molecule has 1 aromatic heterocycles. The lowest BCUT2D eigenvalue weighted by Crippen LogP contribution is -2.24. The van der Waals surface area contributed by atoms with Crippen molar-refractivity contribution >= 4 is 38.9 Å². The third kappa shape index (κ3) is 4.81. The zero-order valence-electron chi connectivity index (χ0n) is 27.9. The Labute approximate surface area is 287 Å². The SMILES string of the molecule is Cc1ccc(N(c2ccc(-c3ccc4c(c3)c3ccccc3n4-c3ccccc3)cc2)c2ccc3c(c2)Oc2ccccc2C3(C)C)cc1. The highest BCUT2D eigenvalue weighted by molar-refractivity contribution is 6.10. The molecule has 236 valence electrons. The van der Waals surface area contributed by atoms with Crippen molar-refractivity contribution in [1.29, 1.82) is 0 Å². The number of anilines is 3. The van der Waals surface area contributed by atoms with Crippen LogP contribution in [0.1, 0.15) is 30.5 Å². The van der Waals surface area contributed by atoms with Gasteiger partial charge >= 0.3 is 0 Å². The molecule has 1 aliphatic heterocycles. The molecule has 0 amide bonds. The molecule has 2 heterocycles. The van der Waals surface area contributed by atoms with Crippen LogP contribution in [0, 0.1) is 6.92 Å². The normalized spacial score (nSPS) is 13.1. The Morgan fingerprint density at radius 2 is 1.10 bits per heavy atom. The van der Waals surface area contributed by atoms with Crippen LogP contribution in [0.2, 0.25) is 0 Å². The molecule has 7 aromatic carbocycles. The molecule has 0 fully saturated rings. The molecule has 0 saturated carbocycles. The van der Waals surface area contributed by atoms with Crippen LogP contribution >= 0.6 is 0 Å². The van der Waals surface area contributed by atoms with Crippen LogP contribution in [-0.2, 0) is 5.41 Å². The van der Waals surface area contributed by atoms with E-state index >= 15 is 0 Å². The summed E-state index contributed by atoms with van der Waals surface area (Å²) in [6.45, 7) is 6.68. The summed E-state index contributed by atoms with van der Waals surface area (Å²) in [5.74, 6) is 1.82. The molecule has 9 rings (SSSR count). The third-order valence-electron chi connectivity index (χ3n) is 10.1. The summed E-state index contributed by atoms with van der Waals surface area (Å²) in [5, 5.41) is 2.51. The van der Waals surface area contributed by atoms with Crippen LogP contribution in [0.5, 0.6) is 11.5 Å². The Morgan fingerprint density at radius 3 is 1.90 bits per heavy atom. The van der Waals surface area contributed by atoms with E-state index in [1.807, 2.05) is 6.07 Å². The minimum atomic E-state index is -0.159. The maximum Gasteiger partial charge on any atom is 0.133 e. The summed E-state index contributed by atoms with van der Waals surface area (Å²) in [6.07, 6.45) is 0. The summed E-state index contributed by atoms with van der Waals surface area (Å²) < 4.78 is 8.90. The van der Waals surface area contributed by atoms with E-state index in [9.17, 15) is 0 Å². The largest absolute Gasteiger partial charge is 0.457 e. The molecule has 49 heavy (non-hydrogen) atoms. The van der Waals surface area contributed by atoms with Gasteiger partial charge in [-0.05, 0) is 84.8 Å². The molecule has 0 saturated heterocycles. The van der Waals surface area contributed by atoms with Gasteiger partial charge in [-0.15, -0.1) is 0 Å². The van der Waals surface area contributed by atoms with Gasteiger partial charge in [-0.1, -0.05) is 110 Å². The van der Waals surface area contributed by atoms with Gasteiger partial charge in [-0.3, -0.25) is 0 Å². The van der Waals surface area contributed by atoms with E-state index in [4.69, 9.17) is 4.74 Å². The first kappa shape index (κ1) is 29.1. The van der Waals surface area contributed by atoms with E-state index in [-0.39, 0.29) is 5.41 Å². The number of fused-ring (bicyclic) bond motifs is 5. The molecule has 0 bridgehead atoms. The second kappa shape index (κ2) is 11.3. The molecular formula is C46H36N2O. The van der Waals surface area contributed by atoms with Gasteiger partial charge in [0.25, 0.3) is 0 Å². The Bertz CT molecular complexity index is 2490. The Balaban J connectivity index is 1.12. The van der Waals surface area contributed by atoms with Gasteiger partial charge in [-0.2, -0.15) is 0 Å². The van der Waals surface area contributed by atoms with Crippen molar-refractivity contribution in [2.45, 2.75) is 26.2 Å². The number of hydrogen-bond acceptors (Lipinski definition) is 2. The topological polar surface area (TPSA) is 17.4 Å². The number of hydrogen-bond donors (Lipinski definition) is 0. The first-order valence-electron chi connectivity index (χ1n) is 16.9. The van der Waals surface area contributed by atoms with Crippen LogP contribution in [0.3, 0.4) is 0 Å². The van der Waals surface area contributed by atoms with E-state index in [2.05, 4.69) is 188 Å². The monoisotopic (exact) mass is 632 g/mol. The van der Waals surface area contributed by atoms with E-state index in [1.54, 1.807) is 0 Å². The Morgan fingerprint density at radius 1 is 0.490 bits per heavy atom. The van der Waals surface area contributed by atoms with Gasteiger partial charge in [0, 0.05) is 56.1 Å². The number of nitrogens with zero attached hydrogens (tertiary/aromatic N) is 2. The number of benzene rings is 7. The molecule has 0 N–H and O–H groups in total. The fourth-order valence-electron chi connectivity index (χ4n) is 7.54. The van der Waals surface area contributed by atoms with Crippen molar-refractivity contribution in [3.05, 3.63) is 180 Å². The van der Waals surface area contributed by atoms with Crippen LogP contribution < -0.4 is 9.64 Å². The van der Waals surface area contributed by atoms with E-state index in [0.29, 0.717) is 0 Å². The minimum absolute atomic E-state index is 0.159. The number of aromatic nitrogens is 1. The quantitative estimate of drug-likeness (QED) is 0.188. The lowest BCUT2D eigenvalue weighted by atomic mass is 9.76. The Kier molecular flexibility index (Phi) is 6.70. The fraction of sp³-hybridized carbons (Fsp3) is 0.0870. The predicted molar refractivity (Wildman–Crippen MR) is 204 cm³/mol. The molecule has 0 spiro atoms. The number of rotatable bonds is 5. The average Bonchev–Trinajstić information content (AvgIpc) is 3.47. The van der Waals surface area contributed by atoms with Crippen molar-refractivity contribution in [3.8, 4) is 28.3 Å². The fourth-order valence-corrected chi connectivity index (χ4v) is 7.54. The molecule has 0 atom stereocenters. The zero-order valence-corrected chi connectivity index (χ0v) is 27.9. The molecule has 3 heteroatoms. The van der Waals surface area contributed by atoms with Crippen LogP contribution in [0.25, 0.3) is 38.6 Å². The van der Waals surface area contributed by atoms with Crippen molar-refractivity contribution in [2.75, 3.05) is 4.90 Å². The van der Waals surface area contributed by atoms with E-state index in [0.717, 1.165) is 28.6 Å². The van der Waals surface area contributed by atoms with Gasteiger partial charge in [-0.25, -0.2) is 0 Å². The first-order valence-corrected chi connectivity index (χ1v) is 16.9. The summed E-state index contributed by atoms with van der Waals surface area (Å²) in [4.78, 5) is 2.32. The Hall–Kier alpha value is -6.06. The summed E-state index contributed by atoms with van der Waals surface area (Å²) in [5.41, 5.74) is 12.7. The second-order valence-corrected chi connectivity index (χ2v) is 13.5. The van der Waals surface area contributed by atoms with Crippen molar-refractivity contribution in [1.82, 2.24) is 4.57 Å². The lowest BCUT2D eigenvalue weighted by molar-refractivity contribution is 0.418. The smallest absolute Gasteiger partial charge is 0.133 e. The standard InChI is InChI=1S/C46H36N2O/c1-31-17-22-35(23-18-31)47(37-26-27-41-45(30-37)49-44-16-10-8-14-40(44)46(41,2)3)36-24-19-32(20-25-36)33-21-28-43-39(29-33)38-13-7-9-15-42(38)48(43)34-11-5-4-6-12-34/h4-30H,1-3H3. The highest BCUT2D eigenvalue weighted by Gasteiger charge is 2.34. The highest BCUT2D eigenvalue weighted by atomic mass is 16.5. The van der Waals surface area contributed by atoms with Gasteiger partial charge in [0.1, 0.15) is 11.5 Å². The summed E-state index contributed by atoms with van der Waals surface area (Å²) in [7, 11) is 0. The molecule has 0 radical (unpaired) electrons. The van der Waals surface area contributed by atoms with Crippen molar-refractivity contribution in [2.24, 2.45) is 0 Å². The summed E-state index contributed by atoms with van der Waals surface area (Å²) >= 11 is 0. The molecule has 0 unspecified atom stereocenters. The van der Waals surface area contributed by atoms with Gasteiger partial charge in [0.15, 0.2) is 0 Å². The van der Waals surface area contributed by atoms with Crippen LogP contribution in [0.15, 0.2) is 164 Å². The number of para-hydroxylation sites is 3. The average molecular weight is 633 g/mol. The predicted octanol–water partition coefficient (Wildman–Crippen LogP) is 12.7. The lowest BCUT2D eigenvalue weighted by Gasteiger charge is -2.35. The minimum Gasteiger partial charge on any atom is -0.457 e. The number of ether oxygens (including phenoxy) is 1. The third-order valence-corrected chi connectivity index (χ3v) is 10.1. The van der Waals surface area contributed by atoms with Crippen molar-refractivity contribution < 1.29 is 4.74 Å². The van der Waals surface area contributed by atoms with Crippen LogP contribution in [0.4, 0.5) is 17.1 Å². The zero-order chi connectivity index (χ0) is 33.1. The van der Waals surface area contributed by atoms with E-state index < -0.39 is 0 Å². The van der Waals surface area contributed by atoms with Gasteiger partial charge in [0.2, 0.25) is 0 Å². The summed E-state index contributed by atoms with van der Waals surface area (Å²) in [6, 6.07) is 58.8. The van der Waals surface area contributed by atoms with Crippen LogP contribution in [-0.4, -0.2) is 4.57 Å². The maximum absolute atomic E-state index is 6.54. The van der Waals surface area contributed by atoms with E-state index in [1.165, 1.54) is 55.3 Å². The van der Waals surface area contributed by atoms with Gasteiger partial charge in [0.05, 0.1) is 11.0 Å². The van der Waals surface area contributed by atoms with Gasteiger partial charge < -0.3 is 14.2 Å². The first-order chi connectivity index (χ1) is 24.0.